The predicted molar refractivity (Wildman–Crippen MR) is 87.1 cm³/mol. The number of nitrogens with zero attached hydrogens (tertiary/aromatic N) is 2. The van der Waals surface area contributed by atoms with E-state index in [-0.39, 0.29) is 22.9 Å². The molecule has 7 heteroatoms. The van der Waals surface area contributed by atoms with Crippen LogP contribution in [0.2, 0.25) is 0 Å². The molecular weight excluding hydrogens is 328 g/mol. The molecule has 1 atom stereocenters. The van der Waals surface area contributed by atoms with Gasteiger partial charge in [-0.15, -0.1) is 0 Å². The van der Waals surface area contributed by atoms with Gasteiger partial charge >= 0.3 is 5.97 Å². The highest BCUT2D eigenvalue weighted by molar-refractivity contribution is 7.89. The first-order valence-electron chi connectivity index (χ1n) is 8.22. The molecule has 1 fully saturated rings. The van der Waals surface area contributed by atoms with Crippen LogP contribution in [0.1, 0.15) is 47.2 Å². The van der Waals surface area contributed by atoms with E-state index in [1.165, 1.54) is 10.4 Å². The quantitative estimate of drug-likeness (QED) is 0.903. The summed E-state index contributed by atoms with van der Waals surface area (Å²) in [6, 6.07) is 5.04. The summed E-state index contributed by atoms with van der Waals surface area (Å²) in [4.78, 5) is 11.5. The minimum absolute atomic E-state index is 0.0167. The molecule has 3 rings (SSSR count). The number of rotatable bonds is 3. The maximum absolute atomic E-state index is 13.1. The van der Waals surface area contributed by atoms with E-state index in [9.17, 15) is 18.3 Å². The van der Waals surface area contributed by atoms with E-state index in [0.717, 1.165) is 24.0 Å². The number of aryl methyl sites for hydroxylation is 1. The van der Waals surface area contributed by atoms with Crippen LogP contribution in [0.3, 0.4) is 0 Å². The summed E-state index contributed by atoms with van der Waals surface area (Å²) in [6.07, 6.45) is 4.56. The van der Waals surface area contributed by atoms with Crippen LogP contribution >= 0.6 is 0 Å². The molecule has 1 saturated heterocycles. The molecule has 0 saturated carbocycles. The summed E-state index contributed by atoms with van der Waals surface area (Å²) in [7, 11) is -3.78. The van der Waals surface area contributed by atoms with Crippen LogP contribution in [-0.2, 0) is 22.9 Å². The zero-order valence-electron chi connectivity index (χ0n) is 13.4. The Morgan fingerprint density at radius 1 is 1.25 bits per heavy atom. The predicted octanol–water partition coefficient (Wildman–Crippen LogP) is 2.19. The molecule has 1 aliphatic carbocycles. The van der Waals surface area contributed by atoms with Gasteiger partial charge in [-0.25, -0.2) is 13.2 Å². The number of carbonyl (C=O) groups is 1. The van der Waals surface area contributed by atoms with Gasteiger partial charge < -0.3 is 5.11 Å². The summed E-state index contributed by atoms with van der Waals surface area (Å²) in [6.45, 7) is 0.567. The highest BCUT2D eigenvalue weighted by atomic mass is 32.2. The van der Waals surface area contributed by atoms with Crippen molar-refractivity contribution in [3.05, 3.63) is 28.8 Å². The maximum Gasteiger partial charge on any atom is 0.335 e. The van der Waals surface area contributed by atoms with E-state index in [1.54, 1.807) is 6.07 Å². The fourth-order valence-corrected chi connectivity index (χ4v) is 5.43. The number of hydrogen-bond acceptors (Lipinski definition) is 4. The second-order valence-corrected chi connectivity index (χ2v) is 8.36. The van der Waals surface area contributed by atoms with Gasteiger partial charge in [-0.2, -0.15) is 9.57 Å². The summed E-state index contributed by atoms with van der Waals surface area (Å²) < 4.78 is 27.6. The lowest BCUT2D eigenvalue weighted by atomic mass is 9.90. The molecule has 24 heavy (non-hydrogen) atoms. The van der Waals surface area contributed by atoms with Crippen molar-refractivity contribution < 1.29 is 18.3 Å². The van der Waals surface area contributed by atoms with Crippen LogP contribution in [0.15, 0.2) is 17.0 Å². The van der Waals surface area contributed by atoms with Gasteiger partial charge in [0.2, 0.25) is 10.0 Å². The van der Waals surface area contributed by atoms with Crippen molar-refractivity contribution in [1.82, 2.24) is 4.31 Å². The molecule has 0 aromatic heterocycles. The fourth-order valence-electron chi connectivity index (χ4n) is 3.59. The number of sulfonamides is 1. The molecule has 1 heterocycles. The summed E-state index contributed by atoms with van der Waals surface area (Å²) in [5.41, 5.74) is 1.60. The number of nitriles is 1. The Kier molecular flexibility index (Phi) is 4.61. The number of carboxylic acid groups (broad SMARTS) is 1. The average Bonchev–Trinajstić information content (AvgIpc) is 2.60. The third-order valence-electron chi connectivity index (χ3n) is 4.86. The Morgan fingerprint density at radius 2 is 2.00 bits per heavy atom. The number of benzene rings is 1. The molecule has 0 bridgehead atoms. The van der Waals surface area contributed by atoms with Gasteiger partial charge in [-0.05, 0) is 61.8 Å². The molecule has 0 radical (unpaired) electrons. The Morgan fingerprint density at radius 3 is 2.71 bits per heavy atom. The van der Waals surface area contributed by atoms with Crippen molar-refractivity contribution >= 4 is 16.0 Å². The third kappa shape index (κ3) is 3.04. The second-order valence-electron chi connectivity index (χ2n) is 6.46. The normalized spacial score (nSPS) is 21.7. The molecule has 2 aliphatic rings. The van der Waals surface area contributed by atoms with Crippen molar-refractivity contribution in [3.63, 3.8) is 0 Å². The molecule has 1 aromatic rings. The largest absolute Gasteiger partial charge is 0.478 e. The zero-order chi connectivity index (χ0) is 17.3. The van der Waals surface area contributed by atoms with Gasteiger partial charge in [0.05, 0.1) is 22.4 Å². The molecule has 0 spiro atoms. The van der Waals surface area contributed by atoms with E-state index in [1.807, 2.05) is 0 Å². The van der Waals surface area contributed by atoms with Gasteiger partial charge in [0, 0.05) is 13.1 Å². The molecule has 1 aromatic carbocycles. The lowest BCUT2D eigenvalue weighted by molar-refractivity contribution is 0.0696. The summed E-state index contributed by atoms with van der Waals surface area (Å²) >= 11 is 0. The van der Waals surface area contributed by atoms with E-state index >= 15 is 0 Å². The van der Waals surface area contributed by atoms with Gasteiger partial charge in [-0.1, -0.05) is 0 Å². The summed E-state index contributed by atoms with van der Waals surface area (Å²) in [5.74, 6) is -1.42. The highest BCUT2D eigenvalue weighted by Crippen LogP contribution is 2.32. The van der Waals surface area contributed by atoms with Crippen LogP contribution in [0.4, 0.5) is 0 Å². The Labute approximate surface area is 141 Å². The lowest BCUT2D eigenvalue weighted by Gasteiger charge is -2.30. The van der Waals surface area contributed by atoms with Crippen molar-refractivity contribution in [2.75, 3.05) is 13.1 Å². The minimum Gasteiger partial charge on any atom is -0.478 e. The number of aromatic carboxylic acids is 1. The van der Waals surface area contributed by atoms with Gasteiger partial charge in [0.25, 0.3) is 0 Å². The second kappa shape index (κ2) is 6.54. The first kappa shape index (κ1) is 16.9. The molecule has 1 unspecified atom stereocenters. The van der Waals surface area contributed by atoms with Crippen molar-refractivity contribution in [1.29, 1.82) is 5.26 Å². The van der Waals surface area contributed by atoms with Crippen molar-refractivity contribution in [2.45, 2.75) is 43.4 Å². The van der Waals surface area contributed by atoms with Crippen LogP contribution < -0.4 is 0 Å². The maximum atomic E-state index is 13.1. The molecular formula is C17H20N2O4S. The fraction of sp³-hybridized carbons (Fsp3) is 0.529. The number of fused-ring (bicyclic) bond motifs is 1. The first-order chi connectivity index (χ1) is 11.4. The lowest BCUT2D eigenvalue weighted by Crippen LogP contribution is -2.40. The van der Waals surface area contributed by atoms with Crippen LogP contribution in [0.25, 0.3) is 0 Å². The van der Waals surface area contributed by atoms with E-state index < -0.39 is 16.0 Å². The Balaban J connectivity index is 2.08. The van der Waals surface area contributed by atoms with Crippen LogP contribution in [0, 0.1) is 17.2 Å². The number of carboxylic acids is 1. The Bertz CT molecular complexity index is 811. The van der Waals surface area contributed by atoms with Crippen molar-refractivity contribution in [3.8, 4) is 6.07 Å². The topological polar surface area (TPSA) is 98.5 Å². The van der Waals surface area contributed by atoms with Gasteiger partial charge in [0.15, 0.2) is 0 Å². The average molecular weight is 348 g/mol. The minimum atomic E-state index is -3.78. The van der Waals surface area contributed by atoms with E-state index in [4.69, 9.17) is 5.26 Å². The zero-order valence-corrected chi connectivity index (χ0v) is 14.2. The van der Waals surface area contributed by atoms with Gasteiger partial charge in [0.1, 0.15) is 0 Å². The molecule has 0 amide bonds. The molecule has 1 aliphatic heterocycles. The molecule has 1 N–H and O–H groups in total. The SMILES string of the molecule is N#CC1CCCN(S(=O)(=O)c2cc(C(=O)O)cc3c2CCCC3)C1. The number of piperidine rings is 1. The number of hydrogen-bond donors (Lipinski definition) is 1. The Hall–Kier alpha value is -1.91. The van der Waals surface area contributed by atoms with Crippen molar-refractivity contribution in [2.24, 2.45) is 5.92 Å². The smallest absolute Gasteiger partial charge is 0.335 e. The molecule has 6 nitrogen and oxygen atoms in total. The highest BCUT2D eigenvalue weighted by Gasteiger charge is 2.33. The van der Waals surface area contributed by atoms with E-state index in [0.29, 0.717) is 32.2 Å². The first-order valence-corrected chi connectivity index (χ1v) is 9.66. The van der Waals surface area contributed by atoms with Crippen LogP contribution in [-0.4, -0.2) is 36.9 Å². The van der Waals surface area contributed by atoms with Crippen LogP contribution in [0.5, 0.6) is 0 Å². The standard InChI is InChI=1S/C17H20N2O4S/c18-10-12-4-3-7-19(11-12)24(22,23)16-9-14(17(20)21)8-13-5-1-2-6-15(13)16/h8-9,12H,1-7,11H2,(H,20,21). The van der Waals surface area contributed by atoms with Gasteiger partial charge in [-0.3, -0.25) is 0 Å². The molecule has 128 valence electrons. The van der Waals surface area contributed by atoms with E-state index in [2.05, 4.69) is 6.07 Å². The monoisotopic (exact) mass is 348 g/mol. The summed E-state index contributed by atoms with van der Waals surface area (Å²) in [5, 5.41) is 18.4. The third-order valence-corrected chi connectivity index (χ3v) is 6.79.